The van der Waals surface area contributed by atoms with Gasteiger partial charge in [0.1, 0.15) is 48.0 Å². The third-order valence-electron chi connectivity index (χ3n) is 12.0. The molecule has 23 nitrogen and oxygen atoms in total. The Labute approximate surface area is 388 Å². The molecule has 0 bridgehead atoms. The van der Waals surface area contributed by atoms with E-state index in [9.17, 15) is 63.3 Å². The van der Waals surface area contributed by atoms with E-state index in [0.29, 0.717) is 24.8 Å². The maximum absolute atomic E-state index is 14.1. The monoisotopic (exact) mass is 945 g/mol. The number of phenolic OH excluding ortho intramolecular Hbond substituents is 1. The summed E-state index contributed by atoms with van der Waals surface area (Å²) in [5.74, 6) is -9.57. The number of hydrogen-bond donors (Lipinski definition) is 11. The maximum Gasteiger partial charge on any atom is 0.325 e. The number of rotatable bonds is 24. The second-order valence-electron chi connectivity index (χ2n) is 17.5. The van der Waals surface area contributed by atoms with Gasteiger partial charge in [0.25, 0.3) is 0 Å². The van der Waals surface area contributed by atoms with Crippen LogP contribution < -0.4 is 37.6 Å². The predicted octanol–water partition coefficient (Wildman–Crippen LogP) is -2.16. The minimum absolute atomic E-state index is 0.0331. The first kappa shape index (κ1) is 55.0. The number of carboxylic acids is 2. The molecular formula is C44H67N9O14. The number of benzene rings is 1. The molecule has 12 N–H and O–H groups in total. The van der Waals surface area contributed by atoms with Crippen LogP contribution in [0.15, 0.2) is 24.3 Å². The van der Waals surface area contributed by atoms with Crippen molar-refractivity contribution >= 4 is 59.2 Å². The molecule has 1 aromatic carbocycles. The number of nitrogens with one attached hydrogen (secondary N) is 6. The zero-order valence-electron chi connectivity index (χ0n) is 38.8. The van der Waals surface area contributed by atoms with Crippen molar-refractivity contribution in [1.82, 2.24) is 41.7 Å². The molecule has 10 unspecified atom stereocenters. The van der Waals surface area contributed by atoms with Crippen LogP contribution in [0.3, 0.4) is 0 Å². The average Bonchev–Trinajstić information content (AvgIpc) is 3.98. The molecule has 10 atom stereocenters. The van der Waals surface area contributed by atoms with Crippen molar-refractivity contribution in [1.29, 1.82) is 0 Å². The third-order valence-corrected chi connectivity index (χ3v) is 12.0. The molecule has 8 amide bonds. The Balaban J connectivity index is 1.67. The highest BCUT2D eigenvalue weighted by Gasteiger charge is 2.41. The van der Waals surface area contributed by atoms with Gasteiger partial charge >= 0.3 is 11.9 Å². The lowest BCUT2D eigenvalue weighted by molar-refractivity contribution is -0.144. The number of nitrogens with zero attached hydrogens (tertiary/aromatic N) is 2. The van der Waals surface area contributed by atoms with Gasteiger partial charge in [0.15, 0.2) is 0 Å². The average molecular weight is 946 g/mol. The largest absolute Gasteiger partial charge is 0.508 e. The molecule has 1 aromatic rings. The lowest BCUT2D eigenvalue weighted by atomic mass is 9.96. The van der Waals surface area contributed by atoms with Crippen LogP contribution in [0.4, 0.5) is 0 Å². The molecule has 2 aliphatic rings. The van der Waals surface area contributed by atoms with E-state index in [0.717, 1.165) is 0 Å². The second-order valence-corrected chi connectivity index (χ2v) is 17.5. The first-order chi connectivity index (χ1) is 31.5. The van der Waals surface area contributed by atoms with Crippen LogP contribution in [0, 0.1) is 11.8 Å². The Morgan fingerprint density at radius 2 is 1.27 bits per heavy atom. The summed E-state index contributed by atoms with van der Waals surface area (Å²) in [4.78, 5) is 133. The number of carbonyl (C=O) groups is 10. The molecule has 0 aliphatic carbocycles. The molecule has 0 radical (unpaired) electrons. The molecule has 2 saturated heterocycles. The van der Waals surface area contributed by atoms with E-state index in [1.807, 2.05) is 0 Å². The number of aliphatic hydroxyl groups is 1. The summed E-state index contributed by atoms with van der Waals surface area (Å²) in [5.41, 5.74) is 6.82. The molecule has 0 spiro atoms. The van der Waals surface area contributed by atoms with Crippen molar-refractivity contribution in [3.8, 4) is 5.75 Å². The van der Waals surface area contributed by atoms with Crippen molar-refractivity contribution in [2.45, 2.75) is 147 Å². The van der Waals surface area contributed by atoms with Gasteiger partial charge in [-0.2, -0.15) is 0 Å². The number of aromatic hydroxyl groups is 1. The zero-order valence-corrected chi connectivity index (χ0v) is 38.8. The van der Waals surface area contributed by atoms with Crippen LogP contribution in [0.2, 0.25) is 0 Å². The third kappa shape index (κ3) is 15.9. The molecule has 2 aliphatic heterocycles. The highest BCUT2D eigenvalue weighted by molar-refractivity contribution is 5.98. The minimum atomic E-state index is -1.56. The fourth-order valence-corrected chi connectivity index (χ4v) is 7.75. The van der Waals surface area contributed by atoms with Gasteiger partial charge in [0.05, 0.1) is 18.7 Å². The number of likely N-dealkylation sites (tertiary alicyclic amines) is 2. The molecule has 3 rings (SSSR count). The Kier molecular flexibility index (Phi) is 20.9. The van der Waals surface area contributed by atoms with Crippen LogP contribution in [-0.4, -0.2) is 163 Å². The van der Waals surface area contributed by atoms with Gasteiger partial charge in [-0.3, -0.25) is 47.9 Å². The molecule has 23 heteroatoms. The molecule has 372 valence electrons. The second kappa shape index (κ2) is 25.5. The number of aliphatic hydroxyl groups excluding tert-OH is 1. The Morgan fingerprint density at radius 3 is 1.82 bits per heavy atom. The number of nitrogens with two attached hydrogens (primary N) is 1. The van der Waals surface area contributed by atoms with Crippen molar-refractivity contribution in [2.75, 3.05) is 19.6 Å². The lowest BCUT2D eigenvalue weighted by Crippen LogP contribution is -2.61. The Morgan fingerprint density at radius 1 is 0.716 bits per heavy atom. The van der Waals surface area contributed by atoms with Gasteiger partial charge in [-0.1, -0.05) is 46.2 Å². The zero-order chi connectivity index (χ0) is 50.3. The van der Waals surface area contributed by atoms with Gasteiger partial charge in [-0.25, -0.2) is 0 Å². The fourth-order valence-electron chi connectivity index (χ4n) is 7.75. The fraction of sp³-hybridized carbons (Fsp3) is 0.636. The predicted molar refractivity (Wildman–Crippen MR) is 238 cm³/mol. The van der Waals surface area contributed by atoms with E-state index in [-0.39, 0.29) is 44.5 Å². The number of carboxylic acid groups (broad SMARTS) is 2. The van der Waals surface area contributed by atoms with Crippen LogP contribution in [-0.2, 0) is 54.4 Å². The molecule has 0 aromatic heterocycles. The molecule has 2 fully saturated rings. The summed E-state index contributed by atoms with van der Waals surface area (Å²) in [7, 11) is 0. The first-order valence-corrected chi connectivity index (χ1v) is 22.5. The van der Waals surface area contributed by atoms with Gasteiger partial charge in [0.2, 0.25) is 47.3 Å². The molecule has 67 heavy (non-hydrogen) atoms. The lowest BCUT2D eigenvalue weighted by Gasteiger charge is -2.31. The topological polar surface area (TPSA) is 356 Å². The first-order valence-electron chi connectivity index (χ1n) is 22.5. The van der Waals surface area contributed by atoms with Gasteiger partial charge in [-0.05, 0) is 81.9 Å². The van der Waals surface area contributed by atoms with E-state index >= 15 is 0 Å². The smallest absolute Gasteiger partial charge is 0.325 e. The van der Waals surface area contributed by atoms with Gasteiger partial charge in [0, 0.05) is 19.5 Å². The highest BCUT2D eigenvalue weighted by Crippen LogP contribution is 2.22. The van der Waals surface area contributed by atoms with Crippen molar-refractivity contribution < 1.29 is 68.4 Å². The minimum Gasteiger partial charge on any atom is -0.508 e. The standard InChI is InChI=1S/C44H67N9O14/c1-7-23(4)35(50-37(59)28(45)20-26-12-14-27(55)15-13-26)41(63)48-29(16-17-33(57)58)43(65)53-19-9-10-30(53)38(60)46-21-32(56)52-18-8-11-31(52)39(61)49-34(22(2)3)40(62)51-36(25(6)54)42(64)47-24(5)44(66)67/h12-15,22-25,28-31,34-36,54-55H,7-11,16-21,45H2,1-6H3,(H,46,60)(H,47,64)(H,48,63)(H,49,61)(H,50,59)(H,51,62)(H,57,58)(H,66,67). The van der Waals surface area contributed by atoms with E-state index in [1.165, 1.54) is 35.8 Å². The Hall–Kier alpha value is -6.36. The number of aliphatic carboxylic acids is 2. The number of phenols is 1. The van der Waals surface area contributed by atoms with E-state index < -0.39 is 138 Å². The molecular weight excluding hydrogens is 879 g/mol. The van der Waals surface area contributed by atoms with Crippen LogP contribution in [0.5, 0.6) is 5.75 Å². The van der Waals surface area contributed by atoms with Crippen molar-refractivity contribution in [2.24, 2.45) is 17.6 Å². The van der Waals surface area contributed by atoms with E-state index in [2.05, 4.69) is 31.9 Å². The normalized spacial score (nSPS) is 19.4. The quantitative estimate of drug-likeness (QED) is 0.0526. The maximum atomic E-state index is 14.1. The van der Waals surface area contributed by atoms with Crippen LogP contribution in [0.25, 0.3) is 0 Å². The summed E-state index contributed by atoms with van der Waals surface area (Å²) in [5, 5.41) is 53.4. The van der Waals surface area contributed by atoms with Crippen LogP contribution >= 0.6 is 0 Å². The molecule has 2 heterocycles. The van der Waals surface area contributed by atoms with Crippen molar-refractivity contribution in [3.05, 3.63) is 29.8 Å². The Bertz CT molecular complexity index is 1960. The summed E-state index contributed by atoms with van der Waals surface area (Å²) in [6.07, 6.45) is -0.618. The summed E-state index contributed by atoms with van der Waals surface area (Å²) >= 11 is 0. The van der Waals surface area contributed by atoms with Gasteiger partial charge in [-0.15, -0.1) is 0 Å². The summed E-state index contributed by atoms with van der Waals surface area (Å²) in [6.45, 7) is 8.79. The van der Waals surface area contributed by atoms with Gasteiger partial charge < -0.3 is 67.9 Å². The van der Waals surface area contributed by atoms with E-state index in [4.69, 9.17) is 10.8 Å². The van der Waals surface area contributed by atoms with Crippen LogP contribution in [0.1, 0.15) is 92.1 Å². The van der Waals surface area contributed by atoms with Crippen molar-refractivity contribution in [3.63, 3.8) is 0 Å². The number of amides is 8. The SMILES string of the molecule is CCC(C)C(NC(=O)C(N)Cc1ccc(O)cc1)C(=O)NC(CCC(=O)O)C(=O)N1CCCC1C(=O)NCC(=O)N1CCCC1C(=O)NC(C(=O)NC(C(=O)NC(C)C(=O)O)C(C)O)C(C)C. The molecule has 0 saturated carbocycles. The van der Waals surface area contributed by atoms with E-state index in [1.54, 1.807) is 39.8 Å². The highest BCUT2D eigenvalue weighted by atomic mass is 16.4. The number of carbonyl (C=O) groups excluding carboxylic acids is 8. The summed E-state index contributed by atoms with van der Waals surface area (Å²) in [6, 6.07) is -3.85. The summed E-state index contributed by atoms with van der Waals surface area (Å²) < 4.78 is 0. The number of hydrogen-bond acceptors (Lipinski definition) is 13.